The molecule has 1 aliphatic rings. The van der Waals surface area contributed by atoms with E-state index >= 15 is 0 Å². The van der Waals surface area contributed by atoms with Gasteiger partial charge in [-0.15, -0.1) is 0 Å². The van der Waals surface area contributed by atoms with Crippen LogP contribution in [0.1, 0.15) is 5.56 Å². The summed E-state index contributed by atoms with van der Waals surface area (Å²) < 4.78 is 0. The van der Waals surface area contributed by atoms with Crippen molar-refractivity contribution in [2.24, 2.45) is 0 Å². The second-order valence-corrected chi connectivity index (χ2v) is 6.53. The summed E-state index contributed by atoms with van der Waals surface area (Å²) in [5.74, 6) is 0. The van der Waals surface area contributed by atoms with E-state index in [1.54, 1.807) is 0 Å². The van der Waals surface area contributed by atoms with Gasteiger partial charge >= 0.3 is 0 Å². The largest absolute Gasteiger partial charge is 0.399 e. The van der Waals surface area contributed by atoms with Crippen molar-refractivity contribution in [3.63, 3.8) is 0 Å². The predicted octanol–water partition coefficient (Wildman–Crippen LogP) is 5.68. The first-order chi connectivity index (χ1) is 12.3. The van der Waals surface area contributed by atoms with E-state index in [0.29, 0.717) is 0 Å². The first-order valence-corrected chi connectivity index (χ1v) is 8.55. The minimum Gasteiger partial charge on any atom is -0.399 e. The summed E-state index contributed by atoms with van der Waals surface area (Å²) in [5, 5.41) is 6.16. The molecule has 0 radical (unpaired) electrons. The SMILES string of the molecule is Nc1cccc(-c2c3cc4ccccc4c2-c2ccccc2NC3)c1. The first-order valence-electron chi connectivity index (χ1n) is 8.55. The van der Waals surface area contributed by atoms with E-state index in [4.69, 9.17) is 5.73 Å². The van der Waals surface area contributed by atoms with Gasteiger partial charge in [-0.2, -0.15) is 0 Å². The summed E-state index contributed by atoms with van der Waals surface area (Å²) in [4.78, 5) is 0. The third kappa shape index (κ3) is 2.18. The molecule has 4 aromatic carbocycles. The maximum atomic E-state index is 6.09. The quantitative estimate of drug-likeness (QED) is 0.442. The van der Waals surface area contributed by atoms with E-state index in [-0.39, 0.29) is 0 Å². The number of para-hydroxylation sites is 1. The lowest BCUT2D eigenvalue weighted by Crippen LogP contribution is -1.99. The zero-order chi connectivity index (χ0) is 16.8. The Morgan fingerprint density at radius 2 is 1.60 bits per heavy atom. The minimum absolute atomic E-state index is 0.794. The molecule has 0 saturated heterocycles. The Morgan fingerprint density at radius 3 is 2.52 bits per heavy atom. The van der Waals surface area contributed by atoms with E-state index in [2.05, 4.69) is 72.0 Å². The van der Waals surface area contributed by atoms with E-state index in [1.165, 1.54) is 44.3 Å². The molecule has 2 bridgehead atoms. The molecule has 4 aromatic rings. The summed E-state index contributed by atoms with van der Waals surface area (Å²) >= 11 is 0. The molecule has 0 saturated carbocycles. The Kier molecular flexibility index (Phi) is 3.04. The Morgan fingerprint density at radius 1 is 0.760 bits per heavy atom. The molecule has 0 aromatic heterocycles. The van der Waals surface area contributed by atoms with Gasteiger partial charge in [-0.25, -0.2) is 0 Å². The predicted molar refractivity (Wildman–Crippen MR) is 107 cm³/mol. The van der Waals surface area contributed by atoms with Crippen LogP contribution in [0.25, 0.3) is 33.0 Å². The second-order valence-electron chi connectivity index (χ2n) is 6.53. The van der Waals surface area contributed by atoms with E-state index in [1.807, 2.05) is 12.1 Å². The van der Waals surface area contributed by atoms with Gasteiger partial charge in [0.15, 0.2) is 0 Å². The van der Waals surface area contributed by atoms with Crippen LogP contribution in [0.15, 0.2) is 78.9 Å². The molecular formula is C23H18N2. The molecular weight excluding hydrogens is 304 g/mol. The van der Waals surface area contributed by atoms with Crippen LogP contribution in [0.5, 0.6) is 0 Å². The first kappa shape index (κ1) is 14.1. The number of nitrogens with two attached hydrogens (primary N) is 1. The van der Waals surface area contributed by atoms with Gasteiger partial charge in [0.1, 0.15) is 0 Å². The molecule has 120 valence electrons. The molecule has 0 aliphatic carbocycles. The van der Waals surface area contributed by atoms with Crippen molar-refractivity contribution < 1.29 is 0 Å². The van der Waals surface area contributed by atoms with Crippen molar-refractivity contribution in [2.45, 2.75) is 6.54 Å². The van der Waals surface area contributed by atoms with Crippen LogP contribution >= 0.6 is 0 Å². The molecule has 1 heterocycles. The maximum absolute atomic E-state index is 6.09. The van der Waals surface area contributed by atoms with Crippen LogP contribution in [0.2, 0.25) is 0 Å². The number of hydrogen-bond acceptors (Lipinski definition) is 2. The standard InChI is InChI=1S/C23H18N2/c24-18-8-5-7-16(13-18)22-17-12-15-6-1-2-9-19(15)23(22)20-10-3-4-11-21(20)25-14-17/h1-13,25H,14,24H2. The number of nitrogen functional groups attached to an aromatic ring is 1. The molecule has 0 atom stereocenters. The lowest BCUT2D eigenvalue weighted by atomic mass is 9.86. The average Bonchev–Trinajstić information content (AvgIpc) is 2.76. The van der Waals surface area contributed by atoms with Crippen molar-refractivity contribution in [3.8, 4) is 22.3 Å². The molecule has 0 fully saturated rings. The molecule has 0 spiro atoms. The van der Waals surface area contributed by atoms with Crippen molar-refractivity contribution in [1.82, 2.24) is 0 Å². The average molecular weight is 322 g/mol. The fourth-order valence-corrected chi connectivity index (χ4v) is 3.89. The normalized spacial score (nSPS) is 12.3. The summed E-state index contributed by atoms with van der Waals surface area (Å²) in [6, 6.07) is 27.7. The van der Waals surface area contributed by atoms with Crippen LogP contribution in [0, 0.1) is 0 Å². The summed E-state index contributed by atoms with van der Waals surface area (Å²) in [6.45, 7) is 0.805. The number of benzene rings is 4. The van der Waals surface area contributed by atoms with E-state index < -0.39 is 0 Å². The molecule has 25 heavy (non-hydrogen) atoms. The van der Waals surface area contributed by atoms with Gasteiger partial charge < -0.3 is 11.1 Å². The van der Waals surface area contributed by atoms with Crippen LogP contribution in [-0.4, -0.2) is 0 Å². The highest BCUT2D eigenvalue weighted by Gasteiger charge is 2.21. The molecule has 0 unspecified atom stereocenters. The Bertz CT molecular complexity index is 1110. The van der Waals surface area contributed by atoms with E-state index in [9.17, 15) is 0 Å². The fourth-order valence-electron chi connectivity index (χ4n) is 3.89. The topological polar surface area (TPSA) is 38.0 Å². The summed E-state index contributed by atoms with van der Waals surface area (Å²) in [5.41, 5.74) is 14.4. The van der Waals surface area contributed by atoms with E-state index in [0.717, 1.165) is 12.2 Å². The molecule has 1 aliphatic heterocycles. The molecule has 0 amide bonds. The Hall–Kier alpha value is -3.26. The van der Waals surface area contributed by atoms with Crippen LogP contribution in [0.4, 0.5) is 11.4 Å². The van der Waals surface area contributed by atoms with Crippen LogP contribution in [0.3, 0.4) is 0 Å². The fraction of sp³-hybridized carbons (Fsp3) is 0.0435. The summed E-state index contributed by atoms with van der Waals surface area (Å²) in [6.07, 6.45) is 0. The van der Waals surface area contributed by atoms with Gasteiger partial charge in [-0.1, -0.05) is 54.6 Å². The Labute approximate surface area is 146 Å². The molecule has 2 nitrogen and oxygen atoms in total. The van der Waals surface area contributed by atoms with Crippen molar-refractivity contribution in [3.05, 3.63) is 84.4 Å². The van der Waals surface area contributed by atoms with Crippen LogP contribution in [-0.2, 0) is 6.54 Å². The van der Waals surface area contributed by atoms with Gasteiger partial charge in [-0.3, -0.25) is 0 Å². The van der Waals surface area contributed by atoms with Gasteiger partial charge in [-0.05, 0) is 57.3 Å². The monoisotopic (exact) mass is 322 g/mol. The summed E-state index contributed by atoms with van der Waals surface area (Å²) in [7, 11) is 0. The van der Waals surface area contributed by atoms with Crippen molar-refractivity contribution in [1.29, 1.82) is 0 Å². The highest BCUT2D eigenvalue weighted by atomic mass is 14.9. The van der Waals surface area contributed by atoms with Crippen molar-refractivity contribution >= 4 is 22.1 Å². The molecule has 5 rings (SSSR count). The van der Waals surface area contributed by atoms with Gasteiger partial charge in [0.2, 0.25) is 0 Å². The third-order valence-corrected chi connectivity index (χ3v) is 4.97. The lowest BCUT2D eigenvalue weighted by Gasteiger charge is -2.16. The zero-order valence-corrected chi connectivity index (χ0v) is 13.8. The van der Waals surface area contributed by atoms with Gasteiger partial charge in [0, 0.05) is 23.5 Å². The molecule has 3 N–H and O–H groups in total. The highest BCUT2D eigenvalue weighted by molar-refractivity contribution is 6.08. The third-order valence-electron chi connectivity index (χ3n) is 4.97. The van der Waals surface area contributed by atoms with Gasteiger partial charge in [0.25, 0.3) is 0 Å². The van der Waals surface area contributed by atoms with Crippen LogP contribution < -0.4 is 11.1 Å². The van der Waals surface area contributed by atoms with Crippen molar-refractivity contribution in [2.75, 3.05) is 11.1 Å². The number of anilines is 2. The maximum Gasteiger partial charge on any atom is 0.0422 e. The number of hydrogen-bond donors (Lipinski definition) is 2. The number of nitrogens with one attached hydrogen (secondary N) is 1. The lowest BCUT2D eigenvalue weighted by molar-refractivity contribution is 1.17. The minimum atomic E-state index is 0.794. The van der Waals surface area contributed by atoms with Gasteiger partial charge in [0.05, 0.1) is 0 Å². The second kappa shape index (κ2) is 5.38. The Balaban J connectivity index is 1.97. The smallest absolute Gasteiger partial charge is 0.0422 e. The zero-order valence-electron chi connectivity index (χ0n) is 13.8. The highest BCUT2D eigenvalue weighted by Crippen LogP contribution is 2.45. The molecule has 2 heteroatoms. The number of fused-ring (bicyclic) bond motifs is 6. The number of rotatable bonds is 1.